The van der Waals surface area contributed by atoms with Crippen LogP contribution in [0, 0.1) is 0 Å². The van der Waals surface area contributed by atoms with E-state index in [4.69, 9.17) is 17.3 Å². The second kappa shape index (κ2) is 3.36. The summed E-state index contributed by atoms with van der Waals surface area (Å²) in [7, 11) is 0. The van der Waals surface area contributed by atoms with Crippen LogP contribution in [0.1, 0.15) is 30.1 Å². The molecule has 2 N–H and O–H groups in total. The van der Waals surface area contributed by atoms with Crippen molar-refractivity contribution >= 4 is 22.9 Å². The Hall–Kier alpha value is -0.0500. The second-order valence-corrected chi connectivity index (χ2v) is 5.16. The summed E-state index contributed by atoms with van der Waals surface area (Å²) in [6.07, 6.45) is 3.54. The van der Waals surface area contributed by atoms with Crippen LogP contribution < -0.4 is 5.73 Å². The minimum absolute atomic E-state index is 0.413. The fourth-order valence-electron chi connectivity index (χ4n) is 1.82. The van der Waals surface area contributed by atoms with Gasteiger partial charge in [0.1, 0.15) is 0 Å². The average molecular weight is 202 g/mol. The summed E-state index contributed by atoms with van der Waals surface area (Å²) >= 11 is 7.56. The van der Waals surface area contributed by atoms with E-state index in [9.17, 15) is 0 Å². The Bertz CT molecular complexity index is 271. The number of thiophene rings is 1. The van der Waals surface area contributed by atoms with Gasteiger partial charge in [-0.25, -0.2) is 0 Å². The van der Waals surface area contributed by atoms with Crippen molar-refractivity contribution in [2.75, 3.05) is 0 Å². The Balaban J connectivity index is 2.11. The third-order valence-corrected chi connectivity index (χ3v) is 3.86. The van der Waals surface area contributed by atoms with Gasteiger partial charge in [0.15, 0.2) is 0 Å². The Labute approximate surface area is 81.5 Å². The van der Waals surface area contributed by atoms with Crippen LogP contribution in [-0.4, -0.2) is 6.04 Å². The van der Waals surface area contributed by atoms with Crippen LogP contribution in [0.25, 0.3) is 0 Å². The molecule has 2 rings (SSSR count). The minimum Gasteiger partial charge on any atom is -0.328 e. The largest absolute Gasteiger partial charge is 0.328 e. The van der Waals surface area contributed by atoms with E-state index < -0.39 is 0 Å². The normalized spacial score (nSPS) is 29.5. The number of hydrogen-bond acceptors (Lipinski definition) is 2. The lowest BCUT2D eigenvalue weighted by Crippen LogP contribution is -2.14. The molecule has 0 bridgehead atoms. The highest BCUT2D eigenvalue weighted by Gasteiger charge is 2.23. The summed E-state index contributed by atoms with van der Waals surface area (Å²) in [5.74, 6) is 0.678. The SMILES string of the molecule is NC1CCC(c2ccc(Cl)s2)C1. The van der Waals surface area contributed by atoms with Crippen molar-refractivity contribution in [3.63, 3.8) is 0 Å². The Morgan fingerprint density at radius 2 is 2.25 bits per heavy atom. The molecule has 1 saturated carbocycles. The summed E-state index contributed by atoms with van der Waals surface area (Å²) in [4.78, 5) is 1.41. The van der Waals surface area contributed by atoms with Gasteiger partial charge >= 0.3 is 0 Å². The Morgan fingerprint density at radius 1 is 1.42 bits per heavy atom. The van der Waals surface area contributed by atoms with Gasteiger partial charge < -0.3 is 5.73 Å². The molecule has 1 aromatic rings. The van der Waals surface area contributed by atoms with E-state index in [-0.39, 0.29) is 0 Å². The quantitative estimate of drug-likeness (QED) is 0.743. The first kappa shape index (κ1) is 8.54. The second-order valence-electron chi connectivity index (χ2n) is 3.41. The first-order valence-corrected chi connectivity index (χ1v) is 5.46. The summed E-state index contributed by atoms with van der Waals surface area (Å²) in [6, 6.07) is 4.53. The van der Waals surface area contributed by atoms with Crippen molar-refractivity contribution in [1.29, 1.82) is 0 Å². The number of nitrogens with two attached hydrogens (primary N) is 1. The highest BCUT2D eigenvalue weighted by atomic mass is 35.5. The smallest absolute Gasteiger partial charge is 0.0931 e. The van der Waals surface area contributed by atoms with Crippen LogP contribution in [0.2, 0.25) is 4.34 Å². The summed E-state index contributed by atoms with van der Waals surface area (Å²) in [6.45, 7) is 0. The van der Waals surface area contributed by atoms with Gasteiger partial charge in [-0.2, -0.15) is 0 Å². The van der Waals surface area contributed by atoms with E-state index >= 15 is 0 Å². The zero-order valence-corrected chi connectivity index (χ0v) is 8.37. The van der Waals surface area contributed by atoms with Crippen LogP contribution >= 0.6 is 22.9 Å². The molecule has 2 unspecified atom stereocenters. The molecule has 1 heterocycles. The van der Waals surface area contributed by atoms with E-state index in [1.54, 1.807) is 11.3 Å². The number of rotatable bonds is 1. The molecule has 1 aliphatic rings. The summed E-state index contributed by atoms with van der Waals surface area (Å²) in [5, 5.41) is 0. The molecular formula is C9H12ClNS. The maximum Gasteiger partial charge on any atom is 0.0931 e. The van der Waals surface area contributed by atoms with Crippen molar-refractivity contribution in [3.05, 3.63) is 21.3 Å². The first-order chi connectivity index (χ1) is 5.75. The topological polar surface area (TPSA) is 26.0 Å². The highest BCUT2D eigenvalue weighted by molar-refractivity contribution is 7.16. The van der Waals surface area contributed by atoms with Crippen molar-refractivity contribution in [3.8, 4) is 0 Å². The van der Waals surface area contributed by atoms with Crippen molar-refractivity contribution in [2.45, 2.75) is 31.2 Å². The molecule has 1 aromatic heterocycles. The Morgan fingerprint density at radius 3 is 2.75 bits per heavy atom. The molecule has 1 fully saturated rings. The molecule has 0 amide bonds. The van der Waals surface area contributed by atoms with E-state index in [1.165, 1.54) is 17.7 Å². The van der Waals surface area contributed by atoms with Crippen LogP contribution in [0.5, 0.6) is 0 Å². The van der Waals surface area contributed by atoms with Gasteiger partial charge in [-0.15, -0.1) is 11.3 Å². The molecule has 1 aliphatic carbocycles. The fourth-order valence-corrected chi connectivity index (χ4v) is 3.03. The van der Waals surface area contributed by atoms with Crippen LogP contribution in [0.3, 0.4) is 0 Å². The van der Waals surface area contributed by atoms with Crippen LogP contribution in [0.4, 0.5) is 0 Å². The maximum absolute atomic E-state index is 5.86. The molecule has 2 atom stereocenters. The van der Waals surface area contributed by atoms with Crippen molar-refractivity contribution < 1.29 is 0 Å². The molecule has 3 heteroatoms. The lowest BCUT2D eigenvalue weighted by Gasteiger charge is -2.04. The van der Waals surface area contributed by atoms with Gasteiger partial charge in [0.05, 0.1) is 4.34 Å². The summed E-state index contributed by atoms with van der Waals surface area (Å²) < 4.78 is 0.894. The molecule has 0 saturated heterocycles. The van der Waals surface area contributed by atoms with Gasteiger partial charge in [0.25, 0.3) is 0 Å². The van der Waals surface area contributed by atoms with Crippen molar-refractivity contribution in [1.82, 2.24) is 0 Å². The van der Waals surface area contributed by atoms with Gasteiger partial charge in [-0.1, -0.05) is 11.6 Å². The van der Waals surface area contributed by atoms with E-state index in [0.717, 1.165) is 10.8 Å². The first-order valence-electron chi connectivity index (χ1n) is 4.26. The molecule has 66 valence electrons. The van der Waals surface area contributed by atoms with Gasteiger partial charge in [-0.3, -0.25) is 0 Å². The zero-order chi connectivity index (χ0) is 8.55. The summed E-state index contributed by atoms with van der Waals surface area (Å²) in [5.41, 5.74) is 5.84. The van der Waals surface area contributed by atoms with Gasteiger partial charge in [0.2, 0.25) is 0 Å². The Kier molecular flexibility index (Phi) is 2.40. The van der Waals surface area contributed by atoms with E-state index in [0.29, 0.717) is 12.0 Å². The minimum atomic E-state index is 0.413. The van der Waals surface area contributed by atoms with Crippen LogP contribution in [-0.2, 0) is 0 Å². The standard InChI is InChI=1S/C9H12ClNS/c10-9-4-3-8(12-9)6-1-2-7(11)5-6/h3-4,6-7H,1-2,5,11H2. The molecule has 12 heavy (non-hydrogen) atoms. The predicted molar refractivity (Wildman–Crippen MR) is 53.9 cm³/mol. The number of halogens is 1. The van der Waals surface area contributed by atoms with E-state index in [2.05, 4.69) is 6.07 Å². The van der Waals surface area contributed by atoms with Crippen LogP contribution in [0.15, 0.2) is 12.1 Å². The molecule has 0 aliphatic heterocycles. The molecule has 0 radical (unpaired) electrons. The maximum atomic E-state index is 5.86. The van der Waals surface area contributed by atoms with Crippen molar-refractivity contribution in [2.24, 2.45) is 5.73 Å². The van der Waals surface area contributed by atoms with Gasteiger partial charge in [0, 0.05) is 10.9 Å². The molecule has 1 nitrogen and oxygen atoms in total. The third-order valence-electron chi connectivity index (χ3n) is 2.47. The zero-order valence-electron chi connectivity index (χ0n) is 6.79. The van der Waals surface area contributed by atoms with E-state index in [1.807, 2.05) is 6.07 Å². The third kappa shape index (κ3) is 1.65. The fraction of sp³-hybridized carbons (Fsp3) is 0.556. The number of hydrogen-bond donors (Lipinski definition) is 1. The highest BCUT2D eigenvalue weighted by Crippen LogP contribution is 2.38. The molecule has 0 aromatic carbocycles. The van der Waals surface area contributed by atoms with Gasteiger partial charge in [-0.05, 0) is 37.3 Å². The molecular weight excluding hydrogens is 190 g/mol. The predicted octanol–water partition coefficient (Wildman–Crippen LogP) is 3.00. The average Bonchev–Trinajstić information content (AvgIpc) is 2.58. The molecule has 0 spiro atoms. The lowest BCUT2D eigenvalue weighted by molar-refractivity contribution is 0.680. The lowest BCUT2D eigenvalue weighted by atomic mass is 10.1. The monoisotopic (exact) mass is 201 g/mol.